The molecule has 0 amide bonds. The molecule has 2 aromatic heterocycles. The summed E-state index contributed by atoms with van der Waals surface area (Å²) in [5.41, 5.74) is 6.82. The highest BCUT2D eigenvalue weighted by Gasteiger charge is 2.20. The largest absolute Gasteiger partial charge is 0.382 e. The van der Waals surface area contributed by atoms with Gasteiger partial charge in [-0.15, -0.1) is 0 Å². The molecular weight excluding hydrogens is 414 g/mol. The smallest absolute Gasteiger partial charge is 0.167 e. The van der Waals surface area contributed by atoms with Crippen LogP contribution in [-0.4, -0.2) is 37.3 Å². The normalized spacial score (nSPS) is 13.8. The summed E-state index contributed by atoms with van der Waals surface area (Å²) >= 11 is 0. The Kier molecular flexibility index (Phi) is 13.7. The van der Waals surface area contributed by atoms with Crippen LogP contribution in [0.15, 0.2) is 24.8 Å². The van der Waals surface area contributed by atoms with Crippen molar-refractivity contribution < 1.29 is 9.84 Å². The van der Waals surface area contributed by atoms with Gasteiger partial charge in [0.25, 0.3) is 0 Å². The van der Waals surface area contributed by atoms with Gasteiger partial charge < -0.3 is 15.6 Å². The molecule has 7 nitrogen and oxygen atoms in total. The maximum Gasteiger partial charge on any atom is 0.167 e. The fourth-order valence-electron chi connectivity index (χ4n) is 3.99. The average molecular weight is 460 g/mol. The molecule has 7 heteroatoms. The molecule has 186 valence electrons. The molecule has 0 aromatic carbocycles. The summed E-state index contributed by atoms with van der Waals surface area (Å²) in [7, 11) is 0. The zero-order valence-corrected chi connectivity index (χ0v) is 20.8. The lowest BCUT2D eigenvalue weighted by atomic mass is 10.1. The summed E-state index contributed by atoms with van der Waals surface area (Å²) in [5, 5.41) is 10.6. The first-order valence-electron chi connectivity index (χ1n) is 13.0. The predicted octanol–water partition coefficient (Wildman–Crippen LogP) is 6.34. The quantitative estimate of drug-likeness (QED) is 0.188. The first kappa shape index (κ1) is 27.3. The van der Waals surface area contributed by atoms with Gasteiger partial charge in [0.2, 0.25) is 0 Å². The Morgan fingerprint density at radius 3 is 2.18 bits per heavy atom. The molecule has 3 N–H and O–H groups in total. The predicted molar refractivity (Wildman–Crippen MR) is 136 cm³/mol. The summed E-state index contributed by atoms with van der Waals surface area (Å²) < 4.78 is 7.43. The van der Waals surface area contributed by atoms with E-state index in [2.05, 4.69) is 34.0 Å². The molecule has 2 aromatic rings. The number of rotatable bonds is 19. The zero-order chi connectivity index (χ0) is 23.7. The van der Waals surface area contributed by atoms with Crippen LogP contribution < -0.4 is 5.73 Å². The Hall–Kier alpha value is -1.99. The van der Waals surface area contributed by atoms with Crippen molar-refractivity contribution in [1.29, 1.82) is 0 Å². The number of aliphatic hydroxyl groups is 1. The lowest BCUT2D eigenvalue weighted by Crippen LogP contribution is -2.24. The van der Waals surface area contributed by atoms with E-state index in [0.717, 1.165) is 12.8 Å². The molecule has 0 saturated carbocycles. The van der Waals surface area contributed by atoms with Gasteiger partial charge in [-0.05, 0) is 39.0 Å². The number of aromatic nitrogens is 4. The van der Waals surface area contributed by atoms with E-state index < -0.39 is 6.23 Å². The second-order valence-electron chi connectivity index (χ2n) is 9.01. The SMILES string of the molecule is CCCCCCCCC=CCCCCCCCCOC(C)C(O)n1cnc2c(N)ncnc21. The maximum absolute atomic E-state index is 10.6. The maximum atomic E-state index is 10.6. The monoisotopic (exact) mass is 459 g/mol. The number of nitrogens with two attached hydrogens (primary N) is 1. The van der Waals surface area contributed by atoms with Crippen molar-refractivity contribution >= 4 is 17.0 Å². The lowest BCUT2D eigenvalue weighted by Gasteiger charge is -2.20. The van der Waals surface area contributed by atoms with E-state index in [0.29, 0.717) is 23.6 Å². The van der Waals surface area contributed by atoms with E-state index in [1.165, 1.54) is 89.7 Å². The topological polar surface area (TPSA) is 99.1 Å². The molecule has 0 aliphatic rings. The average Bonchev–Trinajstić information content (AvgIpc) is 3.26. The summed E-state index contributed by atoms with van der Waals surface area (Å²) in [5.74, 6) is 0.309. The first-order chi connectivity index (χ1) is 16.1. The molecule has 0 radical (unpaired) electrons. The Bertz CT molecular complexity index is 792. The fourth-order valence-corrected chi connectivity index (χ4v) is 3.99. The van der Waals surface area contributed by atoms with Crippen LogP contribution in [0.5, 0.6) is 0 Å². The second-order valence-corrected chi connectivity index (χ2v) is 9.01. The molecule has 33 heavy (non-hydrogen) atoms. The van der Waals surface area contributed by atoms with Crippen molar-refractivity contribution in [3.63, 3.8) is 0 Å². The highest BCUT2D eigenvalue weighted by Crippen LogP contribution is 2.20. The Morgan fingerprint density at radius 2 is 1.52 bits per heavy atom. The number of ether oxygens (including phenoxy) is 1. The minimum absolute atomic E-state index is 0.309. The standard InChI is InChI=1S/C26H45N5O2/c1-3-4-5-6-7-8-9-10-11-12-13-14-15-16-17-18-19-33-22(2)26(32)31-21-30-23-24(27)28-20-29-25(23)31/h10-11,20-22,26,32H,3-9,12-19H2,1-2H3,(H2,27,28,29). The number of nitrogens with zero attached hydrogens (tertiary/aromatic N) is 4. The molecular formula is C26H45N5O2. The van der Waals surface area contributed by atoms with Gasteiger partial charge in [-0.1, -0.05) is 76.9 Å². The van der Waals surface area contributed by atoms with Crippen LogP contribution in [0.2, 0.25) is 0 Å². The van der Waals surface area contributed by atoms with Crippen LogP contribution in [0, 0.1) is 0 Å². The van der Waals surface area contributed by atoms with E-state index >= 15 is 0 Å². The molecule has 2 heterocycles. The van der Waals surface area contributed by atoms with Crippen molar-refractivity contribution in [3.05, 3.63) is 24.8 Å². The van der Waals surface area contributed by atoms with Gasteiger partial charge in [-0.3, -0.25) is 4.57 Å². The van der Waals surface area contributed by atoms with Crippen LogP contribution >= 0.6 is 0 Å². The van der Waals surface area contributed by atoms with Crippen LogP contribution in [0.1, 0.15) is 110 Å². The molecule has 0 saturated heterocycles. The van der Waals surface area contributed by atoms with Gasteiger partial charge in [-0.2, -0.15) is 0 Å². The molecule has 0 bridgehead atoms. The number of anilines is 1. The van der Waals surface area contributed by atoms with Gasteiger partial charge in [0, 0.05) is 6.61 Å². The van der Waals surface area contributed by atoms with Gasteiger partial charge in [0.1, 0.15) is 11.8 Å². The number of fused-ring (bicyclic) bond motifs is 1. The number of unbranched alkanes of at least 4 members (excludes halogenated alkanes) is 12. The van der Waals surface area contributed by atoms with Crippen LogP contribution in [0.25, 0.3) is 11.2 Å². The lowest BCUT2D eigenvalue weighted by molar-refractivity contribution is -0.0618. The molecule has 0 aliphatic carbocycles. The van der Waals surface area contributed by atoms with Crippen LogP contribution in [-0.2, 0) is 4.74 Å². The van der Waals surface area contributed by atoms with Gasteiger partial charge in [0.15, 0.2) is 17.7 Å². The van der Waals surface area contributed by atoms with E-state index in [1.807, 2.05) is 6.92 Å². The summed E-state index contributed by atoms with van der Waals surface area (Å²) in [6, 6.07) is 0. The number of nitrogen functional groups attached to an aromatic ring is 1. The number of hydrogen-bond acceptors (Lipinski definition) is 6. The minimum Gasteiger partial charge on any atom is -0.382 e. The third kappa shape index (κ3) is 10.2. The fraction of sp³-hybridized carbons (Fsp3) is 0.731. The van der Waals surface area contributed by atoms with Crippen molar-refractivity contribution in [2.24, 2.45) is 0 Å². The number of hydrogen-bond donors (Lipinski definition) is 2. The second kappa shape index (κ2) is 16.6. The summed E-state index contributed by atoms with van der Waals surface area (Å²) in [6.45, 7) is 4.77. The van der Waals surface area contributed by atoms with Gasteiger partial charge >= 0.3 is 0 Å². The van der Waals surface area contributed by atoms with Crippen LogP contribution in [0.3, 0.4) is 0 Å². The number of allylic oxidation sites excluding steroid dienone is 2. The Morgan fingerprint density at radius 1 is 0.909 bits per heavy atom. The van der Waals surface area contributed by atoms with Gasteiger partial charge in [-0.25, -0.2) is 15.0 Å². The molecule has 0 aliphatic heterocycles. The van der Waals surface area contributed by atoms with Crippen LogP contribution in [0.4, 0.5) is 5.82 Å². The number of aliphatic hydroxyl groups excluding tert-OH is 1. The molecule has 0 spiro atoms. The third-order valence-electron chi connectivity index (χ3n) is 6.13. The van der Waals surface area contributed by atoms with Gasteiger partial charge in [0.05, 0.1) is 12.4 Å². The zero-order valence-electron chi connectivity index (χ0n) is 20.8. The highest BCUT2D eigenvalue weighted by molar-refractivity contribution is 5.81. The van der Waals surface area contributed by atoms with E-state index in [1.54, 1.807) is 4.57 Å². The molecule has 2 rings (SSSR count). The van der Waals surface area contributed by atoms with Crippen molar-refractivity contribution in [2.45, 2.75) is 116 Å². The summed E-state index contributed by atoms with van der Waals surface area (Å²) in [6.07, 6.45) is 24.4. The highest BCUT2D eigenvalue weighted by atomic mass is 16.5. The minimum atomic E-state index is -0.863. The van der Waals surface area contributed by atoms with Crippen molar-refractivity contribution in [1.82, 2.24) is 19.5 Å². The molecule has 0 fully saturated rings. The summed E-state index contributed by atoms with van der Waals surface area (Å²) in [4.78, 5) is 12.3. The van der Waals surface area contributed by atoms with E-state index in [9.17, 15) is 5.11 Å². The third-order valence-corrected chi connectivity index (χ3v) is 6.13. The van der Waals surface area contributed by atoms with E-state index in [4.69, 9.17) is 10.5 Å². The van der Waals surface area contributed by atoms with Crippen molar-refractivity contribution in [3.8, 4) is 0 Å². The number of imidazole rings is 1. The molecule has 2 unspecified atom stereocenters. The van der Waals surface area contributed by atoms with Crippen molar-refractivity contribution in [2.75, 3.05) is 12.3 Å². The Balaban J connectivity index is 1.44. The Labute approximate surface area is 199 Å². The first-order valence-corrected chi connectivity index (χ1v) is 13.0. The van der Waals surface area contributed by atoms with E-state index in [-0.39, 0.29) is 6.10 Å². The molecule has 2 atom stereocenters.